The Morgan fingerprint density at radius 3 is 2.47 bits per heavy atom. The summed E-state index contributed by atoms with van der Waals surface area (Å²) in [6, 6.07) is 7.21. The molecule has 0 aliphatic rings. The number of thiol groups is 1. The summed E-state index contributed by atoms with van der Waals surface area (Å²) in [5, 5.41) is 0.619. The Balaban J connectivity index is 2.68. The smallest absolute Gasteiger partial charge is 0.243 e. The van der Waals surface area contributed by atoms with Crippen LogP contribution in [0.5, 0.6) is 0 Å². The van der Waals surface area contributed by atoms with Gasteiger partial charge in [-0.1, -0.05) is 6.07 Å². The van der Waals surface area contributed by atoms with Crippen molar-refractivity contribution >= 4 is 23.5 Å². The second-order valence-electron chi connectivity index (χ2n) is 3.04. The van der Waals surface area contributed by atoms with Gasteiger partial charge in [0.15, 0.2) is 0 Å². The minimum Gasteiger partial charge on any atom is -0.243 e. The first-order chi connectivity index (χ1) is 6.98. The molecule has 1 aromatic heterocycles. The van der Waals surface area contributed by atoms with E-state index in [4.69, 9.17) is 0 Å². The van der Waals surface area contributed by atoms with Gasteiger partial charge in [0.25, 0.3) is 0 Å². The molecule has 0 unspecified atom stereocenters. The summed E-state index contributed by atoms with van der Waals surface area (Å²) < 4.78 is 37.0. The van der Waals surface area contributed by atoms with Crippen LogP contribution in [0.2, 0.25) is 0 Å². The average Bonchev–Trinajstić information content (AvgIpc) is 2.16. The Kier molecular flexibility index (Phi) is 2.34. The maximum atomic E-state index is 12.3. The van der Waals surface area contributed by atoms with Gasteiger partial charge in [-0.05, 0) is 24.3 Å². The molecule has 0 atom stereocenters. The van der Waals surface area contributed by atoms with E-state index in [0.29, 0.717) is 15.8 Å². The van der Waals surface area contributed by atoms with Gasteiger partial charge in [-0.3, -0.25) is 0 Å². The lowest BCUT2D eigenvalue weighted by molar-refractivity contribution is -0.140. The molecule has 2 aromatic rings. The normalized spacial score (nSPS) is 12.0. The van der Waals surface area contributed by atoms with Crippen LogP contribution in [-0.2, 0) is 6.18 Å². The molecule has 0 radical (unpaired) electrons. The van der Waals surface area contributed by atoms with Crippen molar-refractivity contribution in [3.8, 4) is 0 Å². The highest BCUT2D eigenvalue weighted by Crippen LogP contribution is 2.30. The molecule has 78 valence electrons. The zero-order valence-electron chi connectivity index (χ0n) is 7.42. The predicted molar refractivity (Wildman–Crippen MR) is 54.0 cm³/mol. The summed E-state index contributed by atoms with van der Waals surface area (Å²) in [6.07, 6.45) is -4.40. The number of hydrogen-bond acceptors (Lipinski definition) is 2. The molecule has 0 aliphatic heterocycles. The summed E-state index contributed by atoms with van der Waals surface area (Å²) in [4.78, 5) is 4.15. The Hall–Kier alpha value is -1.23. The highest BCUT2D eigenvalue weighted by Gasteiger charge is 2.32. The zero-order valence-corrected chi connectivity index (χ0v) is 8.31. The molecule has 2 rings (SSSR count). The maximum absolute atomic E-state index is 12.3. The summed E-state index contributed by atoms with van der Waals surface area (Å²) >= 11 is 4.14. The molecular formula is C10H6F3NS. The van der Waals surface area contributed by atoms with Gasteiger partial charge in [0, 0.05) is 10.3 Å². The van der Waals surface area contributed by atoms with Gasteiger partial charge in [-0.2, -0.15) is 13.2 Å². The Morgan fingerprint density at radius 1 is 1.07 bits per heavy atom. The first-order valence-electron chi connectivity index (χ1n) is 4.14. The summed E-state index contributed by atoms with van der Waals surface area (Å²) in [7, 11) is 0. The van der Waals surface area contributed by atoms with Crippen LogP contribution in [0, 0.1) is 0 Å². The van der Waals surface area contributed by atoms with Crippen molar-refractivity contribution in [1.29, 1.82) is 0 Å². The third-order valence-corrected chi connectivity index (χ3v) is 2.39. The lowest BCUT2D eigenvalue weighted by Crippen LogP contribution is -2.07. The number of hydrogen-bond donors (Lipinski definition) is 1. The number of pyridine rings is 1. The fraction of sp³-hybridized carbons (Fsp3) is 0.100. The van der Waals surface area contributed by atoms with E-state index < -0.39 is 11.9 Å². The van der Waals surface area contributed by atoms with E-state index in [1.807, 2.05) is 0 Å². The molecule has 0 aliphatic carbocycles. The molecule has 0 bridgehead atoms. The Bertz CT molecular complexity index is 507. The second-order valence-corrected chi connectivity index (χ2v) is 3.52. The molecule has 1 aromatic carbocycles. The molecule has 0 fully saturated rings. The van der Waals surface area contributed by atoms with Crippen molar-refractivity contribution < 1.29 is 13.2 Å². The summed E-state index contributed by atoms with van der Waals surface area (Å²) in [5.74, 6) is 0. The van der Waals surface area contributed by atoms with Gasteiger partial charge >= 0.3 is 6.18 Å². The van der Waals surface area contributed by atoms with Crippen LogP contribution in [0.25, 0.3) is 10.9 Å². The minimum atomic E-state index is -4.40. The minimum absolute atomic E-state index is 0.303. The van der Waals surface area contributed by atoms with Crippen molar-refractivity contribution in [2.75, 3.05) is 0 Å². The number of alkyl halides is 3. The largest absolute Gasteiger partial charge is 0.433 e. The van der Waals surface area contributed by atoms with Crippen LogP contribution < -0.4 is 0 Å². The quantitative estimate of drug-likeness (QED) is 0.682. The number of halogens is 3. The molecule has 0 spiro atoms. The second kappa shape index (κ2) is 3.41. The molecule has 5 heteroatoms. The van der Waals surface area contributed by atoms with Crippen LogP contribution >= 0.6 is 12.6 Å². The maximum Gasteiger partial charge on any atom is 0.433 e. The number of aromatic nitrogens is 1. The number of benzene rings is 1. The van der Waals surface area contributed by atoms with E-state index in [0.717, 1.165) is 6.07 Å². The molecule has 0 saturated heterocycles. The topological polar surface area (TPSA) is 12.9 Å². The van der Waals surface area contributed by atoms with Crippen LogP contribution in [0.15, 0.2) is 35.2 Å². The predicted octanol–water partition coefficient (Wildman–Crippen LogP) is 3.54. The van der Waals surface area contributed by atoms with E-state index in [9.17, 15) is 13.2 Å². The highest BCUT2D eigenvalue weighted by atomic mass is 32.1. The van der Waals surface area contributed by atoms with Gasteiger partial charge in [-0.25, -0.2) is 4.98 Å². The summed E-state index contributed by atoms with van der Waals surface area (Å²) in [5.41, 5.74) is -0.578. The first kappa shape index (κ1) is 10.3. The number of nitrogens with zero attached hydrogens (tertiary/aromatic N) is 1. The average molecular weight is 229 g/mol. The van der Waals surface area contributed by atoms with Crippen molar-refractivity contribution in [3.63, 3.8) is 0 Å². The van der Waals surface area contributed by atoms with E-state index in [2.05, 4.69) is 17.6 Å². The van der Waals surface area contributed by atoms with Crippen LogP contribution in [0.4, 0.5) is 13.2 Å². The zero-order chi connectivity index (χ0) is 11.1. The van der Waals surface area contributed by atoms with Gasteiger partial charge in [0.05, 0.1) is 5.52 Å². The summed E-state index contributed by atoms with van der Waals surface area (Å²) in [6.45, 7) is 0. The number of fused-ring (bicyclic) bond motifs is 1. The fourth-order valence-corrected chi connectivity index (χ4v) is 1.57. The lowest BCUT2D eigenvalue weighted by Gasteiger charge is -2.07. The van der Waals surface area contributed by atoms with Gasteiger partial charge in [0.2, 0.25) is 0 Å². The standard InChI is InChI=1S/C10H6F3NS/c11-10(12,13)9-5-4-6-7(14-9)2-1-3-8(6)15/h1-5,15H. The number of rotatable bonds is 0. The third kappa shape index (κ3) is 1.92. The van der Waals surface area contributed by atoms with E-state index >= 15 is 0 Å². The van der Waals surface area contributed by atoms with E-state index in [1.54, 1.807) is 12.1 Å². The van der Waals surface area contributed by atoms with E-state index in [-0.39, 0.29) is 0 Å². The van der Waals surface area contributed by atoms with Crippen LogP contribution in [-0.4, -0.2) is 4.98 Å². The highest BCUT2D eigenvalue weighted by molar-refractivity contribution is 7.80. The van der Waals surface area contributed by atoms with Crippen molar-refractivity contribution in [2.45, 2.75) is 11.1 Å². The van der Waals surface area contributed by atoms with Gasteiger partial charge < -0.3 is 0 Å². The molecule has 1 nitrogen and oxygen atoms in total. The Labute approximate surface area is 89.3 Å². The van der Waals surface area contributed by atoms with Gasteiger partial charge in [-0.15, -0.1) is 12.6 Å². The molecule has 0 saturated carbocycles. The van der Waals surface area contributed by atoms with E-state index in [1.165, 1.54) is 12.1 Å². The molecular weight excluding hydrogens is 223 g/mol. The van der Waals surface area contributed by atoms with Crippen LogP contribution in [0.3, 0.4) is 0 Å². The third-order valence-electron chi connectivity index (χ3n) is 2.00. The first-order valence-corrected chi connectivity index (χ1v) is 4.59. The molecule has 1 heterocycles. The van der Waals surface area contributed by atoms with Gasteiger partial charge in [0.1, 0.15) is 5.69 Å². The lowest BCUT2D eigenvalue weighted by atomic mass is 10.2. The molecule has 0 amide bonds. The van der Waals surface area contributed by atoms with Crippen molar-refractivity contribution in [1.82, 2.24) is 4.98 Å². The Morgan fingerprint density at radius 2 is 1.80 bits per heavy atom. The van der Waals surface area contributed by atoms with Crippen LogP contribution in [0.1, 0.15) is 5.69 Å². The molecule has 0 N–H and O–H groups in total. The SMILES string of the molecule is FC(F)(F)c1ccc2c(S)cccc2n1. The van der Waals surface area contributed by atoms with Crippen molar-refractivity contribution in [3.05, 3.63) is 36.0 Å². The molecule has 15 heavy (non-hydrogen) atoms. The fourth-order valence-electron chi connectivity index (χ4n) is 1.30. The van der Waals surface area contributed by atoms with Crippen molar-refractivity contribution in [2.24, 2.45) is 0 Å². The monoisotopic (exact) mass is 229 g/mol.